The first-order chi connectivity index (χ1) is 7.36. The maximum absolute atomic E-state index is 4.40. The Morgan fingerprint density at radius 3 is 3.07 bits per heavy atom. The van der Waals surface area contributed by atoms with Crippen molar-refractivity contribution >= 4 is 5.65 Å². The lowest BCUT2D eigenvalue weighted by atomic mass is 10.2. The van der Waals surface area contributed by atoms with Gasteiger partial charge in [-0.25, -0.2) is 4.98 Å². The number of hydrogen-bond donors (Lipinski definition) is 1. The van der Waals surface area contributed by atoms with E-state index in [0.717, 1.165) is 16.9 Å². The molecule has 0 bridgehead atoms. The van der Waals surface area contributed by atoms with Gasteiger partial charge in [-0.3, -0.25) is 9.50 Å². The molecule has 3 rings (SSSR count). The molecule has 0 saturated heterocycles. The van der Waals surface area contributed by atoms with Gasteiger partial charge in [-0.15, -0.1) is 0 Å². The molecular weight excluding hydrogens is 188 g/mol. The summed E-state index contributed by atoms with van der Waals surface area (Å²) in [6, 6.07) is 4.08. The van der Waals surface area contributed by atoms with Crippen molar-refractivity contribution in [2.45, 2.75) is 6.92 Å². The van der Waals surface area contributed by atoms with Crippen molar-refractivity contribution in [3.63, 3.8) is 0 Å². The highest BCUT2D eigenvalue weighted by molar-refractivity contribution is 5.63. The van der Waals surface area contributed by atoms with E-state index in [4.69, 9.17) is 0 Å². The van der Waals surface area contributed by atoms with Crippen LogP contribution in [0.4, 0.5) is 0 Å². The number of aromatic nitrogens is 4. The second kappa shape index (κ2) is 2.95. The third-order valence-corrected chi connectivity index (χ3v) is 2.52. The van der Waals surface area contributed by atoms with Gasteiger partial charge in [0.2, 0.25) is 0 Å². The molecule has 4 heteroatoms. The predicted octanol–water partition coefficient (Wildman–Crippen LogP) is 2.03. The maximum Gasteiger partial charge on any atom is 0.140 e. The number of imidazole rings is 1. The van der Waals surface area contributed by atoms with Gasteiger partial charge in [-0.1, -0.05) is 6.07 Å². The first-order valence-corrected chi connectivity index (χ1v) is 4.78. The summed E-state index contributed by atoms with van der Waals surface area (Å²) >= 11 is 0. The SMILES string of the molecule is Cc1cccn2c(-c3cn[nH]c3)cnc12. The molecule has 0 radical (unpaired) electrons. The van der Waals surface area contributed by atoms with Crippen molar-refractivity contribution in [1.82, 2.24) is 19.6 Å². The van der Waals surface area contributed by atoms with Crippen molar-refractivity contribution in [2.24, 2.45) is 0 Å². The summed E-state index contributed by atoms with van der Waals surface area (Å²) in [7, 11) is 0. The molecule has 15 heavy (non-hydrogen) atoms. The summed E-state index contributed by atoms with van der Waals surface area (Å²) in [6.07, 6.45) is 7.54. The zero-order chi connectivity index (χ0) is 10.3. The second-order valence-electron chi connectivity index (χ2n) is 3.52. The first kappa shape index (κ1) is 8.23. The van der Waals surface area contributed by atoms with Crippen LogP contribution in [0.2, 0.25) is 0 Å². The van der Waals surface area contributed by atoms with E-state index in [1.165, 1.54) is 5.56 Å². The third kappa shape index (κ3) is 1.15. The molecule has 0 aliphatic rings. The number of hydrogen-bond acceptors (Lipinski definition) is 2. The van der Waals surface area contributed by atoms with Gasteiger partial charge in [0.25, 0.3) is 0 Å². The molecule has 1 N–H and O–H groups in total. The molecule has 0 amide bonds. The minimum atomic E-state index is 0.994. The number of fused-ring (bicyclic) bond motifs is 1. The smallest absolute Gasteiger partial charge is 0.140 e. The fraction of sp³-hybridized carbons (Fsp3) is 0.0909. The van der Waals surface area contributed by atoms with Crippen LogP contribution in [0.15, 0.2) is 36.9 Å². The first-order valence-electron chi connectivity index (χ1n) is 4.78. The topological polar surface area (TPSA) is 46.0 Å². The van der Waals surface area contributed by atoms with Gasteiger partial charge in [-0.05, 0) is 18.6 Å². The fourth-order valence-corrected chi connectivity index (χ4v) is 1.76. The Hall–Kier alpha value is -2.10. The third-order valence-electron chi connectivity index (χ3n) is 2.52. The molecule has 3 aromatic heterocycles. The van der Waals surface area contributed by atoms with Crippen LogP contribution in [0.25, 0.3) is 16.9 Å². The van der Waals surface area contributed by atoms with E-state index >= 15 is 0 Å². The Balaban J connectivity index is 2.34. The summed E-state index contributed by atoms with van der Waals surface area (Å²) < 4.78 is 2.07. The lowest BCUT2D eigenvalue weighted by Crippen LogP contribution is -1.88. The summed E-state index contributed by atoms with van der Waals surface area (Å²) in [5, 5.41) is 6.75. The largest absolute Gasteiger partial charge is 0.299 e. The van der Waals surface area contributed by atoms with Gasteiger partial charge in [0, 0.05) is 18.0 Å². The Labute approximate surface area is 86.6 Å². The molecule has 0 atom stereocenters. The monoisotopic (exact) mass is 198 g/mol. The number of nitrogens with one attached hydrogen (secondary N) is 1. The van der Waals surface area contributed by atoms with Crippen LogP contribution >= 0.6 is 0 Å². The standard InChI is InChI=1S/C11H10N4/c1-8-3-2-4-15-10(7-12-11(8)15)9-5-13-14-6-9/h2-7H,1H3,(H,13,14). The molecule has 74 valence electrons. The van der Waals surface area contributed by atoms with Crippen LogP contribution < -0.4 is 0 Å². The highest BCUT2D eigenvalue weighted by Crippen LogP contribution is 2.20. The van der Waals surface area contributed by atoms with Crippen LogP contribution in [-0.2, 0) is 0 Å². The van der Waals surface area contributed by atoms with Crippen LogP contribution in [-0.4, -0.2) is 19.6 Å². The van der Waals surface area contributed by atoms with E-state index in [2.05, 4.69) is 32.6 Å². The Kier molecular flexibility index (Phi) is 1.62. The Morgan fingerprint density at radius 1 is 1.33 bits per heavy atom. The number of pyridine rings is 1. The van der Waals surface area contributed by atoms with E-state index in [1.54, 1.807) is 6.20 Å². The molecule has 3 aromatic rings. The highest BCUT2D eigenvalue weighted by Gasteiger charge is 2.07. The molecule has 0 spiro atoms. The average Bonchev–Trinajstić information content (AvgIpc) is 2.85. The van der Waals surface area contributed by atoms with Crippen LogP contribution in [0.1, 0.15) is 5.56 Å². The molecule has 4 nitrogen and oxygen atoms in total. The quantitative estimate of drug-likeness (QED) is 0.650. The molecule has 0 unspecified atom stereocenters. The van der Waals surface area contributed by atoms with Gasteiger partial charge in [-0.2, -0.15) is 5.10 Å². The van der Waals surface area contributed by atoms with E-state index in [9.17, 15) is 0 Å². The van der Waals surface area contributed by atoms with E-state index in [1.807, 2.05) is 24.7 Å². The van der Waals surface area contributed by atoms with Crippen LogP contribution in [0.5, 0.6) is 0 Å². The van der Waals surface area contributed by atoms with Crippen molar-refractivity contribution < 1.29 is 0 Å². The molecule has 0 aliphatic carbocycles. The molecular formula is C11H10N4. The number of nitrogens with zero attached hydrogens (tertiary/aromatic N) is 3. The zero-order valence-electron chi connectivity index (χ0n) is 8.31. The van der Waals surface area contributed by atoms with E-state index in [-0.39, 0.29) is 0 Å². The van der Waals surface area contributed by atoms with Gasteiger partial charge in [0.1, 0.15) is 5.65 Å². The second-order valence-corrected chi connectivity index (χ2v) is 3.52. The van der Waals surface area contributed by atoms with Crippen molar-refractivity contribution in [2.75, 3.05) is 0 Å². The maximum atomic E-state index is 4.40. The summed E-state index contributed by atoms with van der Waals surface area (Å²) in [5.74, 6) is 0. The molecule has 0 aromatic carbocycles. The molecule has 0 fully saturated rings. The summed E-state index contributed by atoms with van der Waals surface area (Å²) in [4.78, 5) is 4.40. The van der Waals surface area contributed by atoms with Gasteiger partial charge < -0.3 is 0 Å². The van der Waals surface area contributed by atoms with E-state index < -0.39 is 0 Å². The highest BCUT2D eigenvalue weighted by atomic mass is 15.1. The lowest BCUT2D eigenvalue weighted by molar-refractivity contribution is 1.09. The molecule has 3 heterocycles. The Bertz CT molecular complexity index is 592. The number of H-pyrrole nitrogens is 1. The lowest BCUT2D eigenvalue weighted by Gasteiger charge is -1.99. The van der Waals surface area contributed by atoms with Crippen LogP contribution in [0, 0.1) is 6.92 Å². The van der Waals surface area contributed by atoms with Gasteiger partial charge in [0.05, 0.1) is 18.1 Å². The minimum Gasteiger partial charge on any atom is -0.299 e. The van der Waals surface area contributed by atoms with E-state index in [0.29, 0.717) is 0 Å². The molecule has 0 aliphatic heterocycles. The van der Waals surface area contributed by atoms with Crippen molar-refractivity contribution in [3.8, 4) is 11.3 Å². The fourth-order valence-electron chi connectivity index (χ4n) is 1.76. The number of aryl methyl sites for hydroxylation is 1. The molecule has 0 saturated carbocycles. The summed E-state index contributed by atoms with van der Waals surface area (Å²) in [5.41, 5.74) is 4.27. The number of rotatable bonds is 1. The predicted molar refractivity (Wildman–Crippen MR) is 57.5 cm³/mol. The Morgan fingerprint density at radius 2 is 2.27 bits per heavy atom. The number of aromatic amines is 1. The minimum absolute atomic E-state index is 0.994. The van der Waals surface area contributed by atoms with Gasteiger partial charge >= 0.3 is 0 Å². The van der Waals surface area contributed by atoms with Crippen LogP contribution in [0.3, 0.4) is 0 Å². The average molecular weight is 198 g/mol. The van der Waals surface area contributed by atoms with Gasteiger partial charge in [0.15, 0.2) is 0 Å². The zero-order valence-corrected chi connectivity index (χ0v) is 8.31. The van der Waals surface area contributed by atoms with Crippen molar-refractivity contribution in [3.05, 3.63) is 42.5 Å². The normalized spacial score (nSPS) is 11.0. The summed E-state index contributed by atoms with van der Waals surface area (Å²) in [6.45, 7) is 2.06. The van der Waals surface area contributed by atoms with Crippen molar-refractivity contribution in [1.29, 1.82) is 0 Å².